The number of nitrogens with one attached hydrogen (secondary N) is 1. The van der Waals surface area contributed by atoms with Crippen molar-refractivity contribution in [3.05, 3.63) is 87.8 Å². The number of ether oxygens (including phenoxy) is 1. The molecule has 0 saturated carbocycles. The number of aromatic nitrogens is 4. The number of carbonyl (C=O) groups is 1. The molecule has 0 spiro atoms. The van der Waals surface area contributed by atoms with Gasteiger partial charge in [-0.2, -0.15) is 4.68 Å². The molecule has 0 fully saturated rings. The van der Waals surface area contributed by atoms with Crippen LogP contribution in [0.4, 0.5) is 0 Å². The minimum Gasteiger partial charge on any atom is -0.473 e. The summed E-state index contributed by atoms with van der Waals surface area (Å²) in [6, 6.07) is 18.7. The highest BCUT2D eigenvalue weighted by Gasteiger charge is 2.14. The Kier molecular flexibility index (Phi) is 5.10. The topological polar surface area (TPSA) is 81.9 Å². The lowest BCUT2D eigenvalue weighted by Crippen LogP contribution is -2.40. The fraction of sp³-hybridized carbons (Fsp3) is 0.174. The summed E-state index contributed by atoms with van der Waals surface area (Å²) in [6.07, 6.45) is 0. The smallest absolute Gasteiger partial charge is 0.364 e. The highest BCUT2D eigenvalue weighted by atomic mass is 16.5. The maximum atomic E-state index is 12.1. The number of carbonyl (C=O) groups excluding carboxylic acids is 1. The number of Topliss-reactive ketones (excluding diaryl/α,β-unsaturated/α-hetero) is 1. The van der Waals surface area contributed by atoms with Gasteiger partial charge in [0.25, 0.3) is 0 Å². The highest BCUT2D eigenvalue weighted by molar-refractivity contribution is 5.94. The van der Waals surface area contributed by atoms with Crippen molar-refractivity contribution >= 4 is 5.78 Å². The van der Waals surface area contributed by atoms with Gasteiger partial charge in [-0.3, -0.25) is 4.79 Å². The van der Waals surface area contributed by atoms with Crippen molar-refractivity contribution in [3.8, 4) is 22.8 Å². The molecule has 7 nitrogen and oxygen atoms in total. The lowest BCUT2D eigenvalue weighted by atomic mass is 10.1. The molecule has 2 heterocycles. The van der Waals surface area contributed by atoms with Crippen LogP contribution in [0.5, 0.6) is 5.88 Å². The maximum absolute atomic E-state index is 12.1. The van der Waals surface area contributed by atoms with Crippen LogP contribution in [-0.2, 0) is 13.7 Å². The van der Waals surface area contributed by atoms with Crippen molar-refractivity contribution in [2.45, 2.75) is 20.5 Å². The van der Waals surface area contributed by atoms with Crippen LogP contribution < -0.4 is 10.4 Å². The maximum Gasteiger partial charge on any atom is 0.364 e. The summed E-state index contributed by atoms with van der Waals surface area (Å²) in [4.78, 5) is 28.1. The predicted molar refractivity (Wildman–Crippen MR) is 114 cm³/mol. The van der Waals surface area contributed by atoms with E-state index >= 15 is 0 Å². The number of hydrogen-bond acceptors (Lipinski definition) is 4. The van der Waals surface area contributed by atoms with Crippen molar-refractivity contribution in [1.29, 1.82) is 0 Å². The van der Waals surface area contributed by atoms with E-state index in [9.17, 15) is 9.59 Å². The second kappa shape index (κ2) is 7.87. The van der Waals surface area contributed by atoms with Gasteiger partial charge in [-0.1, -0.05) is 42.5 Å². The summed E-state index contributed by atoms with van der Waals surface area (Å²) in [5.74, 6) is 0.513. The van der Waals surface area contributed by atoms with E-state index in [0.29, 0.717) is 11.4 Å². The van der Waals surface area contributed by atoms with Crippen molar-refractivity contribution in [3.63, 3.8) is 0 Å². The molecule has 7 heteroatoms. The van der Waals surface area contributed by atoms with E-state index in [4.69, 9.17) is 4.74 Å². The number of nitrogens with zero attached hydrogens (tertiary/aromatic N) is 3. The lowest BCUT2D eigenvalue weighted by molar-refractivity contribution is 0.101. The second-order valence-electron chi connectivity index (χ2n) is 7.13. The Hall–Kier alpha value is -3.87. The largest absolute Gasteiger partial charge is 0.473 e. The van der Waals surface area contributed by atoms with Crippen LogP contribution in [0.1, 0.15) is 28.4 Å². The van der Waals surface area contributed by atoms with Crippen LogP contribution in [0.3, 0.4) is 0 Å². The molecule has 0 radical (unpaired) electrons. The number of pyridine rings is 1. The van der Waals surface area contributed by atoms with Gasteiger partial charge in [0, 0.05) is 29.8 Å². The zero-order valence-corrected chi connectivity index (χ0v) is 17.0. The lowest BCUT2D eigenvalue weighted by Gasteiger charge is -2.18. The van der Waals surface area contributed by atoms with Crippen LogP contribution in [0.15, 0.2) is 65.5 Å². The molecule has 4 rings (SSSR count). The van der Waals surface area contributed by atoms with Gasteiger partial charge < -0.3 is 4.74 Å². The number of aromatic amines is 1. The molecule has 0 aliphatic carbocycles. The molecule has 1 N–H and O–H groups in total. The van der Waals surface area contributed by atoms with Gasteiger partial charge in [-0.15, -0.1) is 0 Å². The molecule has 0 bridgehead atoms. The molecule has 30 heavy (non-hydrogen) atoms. The first kappa shape index (κ1) is 19.4. The molecule has 2 aromatic heterocycles. The first-order chi connectivity index (χ1) is 14.4. The highest BCUT2D eigenvalue weighted by Crippen LogP contribution is 2.23. The Morgan fingerprint density at radius 2 is 1.80 bits per heavy atom. The summed E-state index contributed by atoms with van der Waals surface area (Å²) >= 11 is 0. The number of rotatable bonds is 6. The molecule has 0 saturated heterocycles. The van der Waals surface area contributed by atoms with E-state index in [1.54, 1.807) is 32.2 Å². The van der Waals surface area contributed by atoms with Crippen LogP contribution in [0.2, 0.25) is 0 Å². The van der Waals surface area contributed by atoms with Crippen LogP contribution in [0.25, 0.3) is 16.9 Å². The molecule has 0 amide bonds. The monoisotopic (exact) mass is 402 g/mol. The molecule has 4 aromatic rings. The van der Waals surface area contributed by atoms with Crippen LogP contribution >= 0.6 is 0 Å². The third-order valence-corrected chi connectivity index (χ3v) is 5.03. The van der Waals surface area contributed by atoms with Gasteiger partial charge in [0.15, 0.2) is 5.78 Å². The second-order valence-corrected chi connectivity index (χ2v) is 7.13. The number of aryl methyl sites for hydroxylation is 2. The zero-order valence-electron chi connectivity index (χ0n) is 17.0. The van der Waals surface area contributed by atoms with E-state index in [1.165, 1.54) is 9.36 Å². The van der Waals surface area contributed by atoms with Crippen LogP contribution in [0, 0.1) is 6.92 Å². The van der Waals surface area contributed by atoms with E-state index in [1.807, 2.05) is 49.4 Å². The molecule has 152 valence electrons. The fourth-order valence-corrected chi connectivity index (χ4v) is 3.26. The van der Waals surface area contributed by atoms with Crippen molar-refractivity contribution in [2.75, 3.05) is 0 Å². The minimum absolute atomic E-state index is 0.0296. The van der Waals surface area contributed by atoms with Crippen LogP contribution in [-0.4, -0.2) is 25.3 Å². The Labute approximate surface area is 173 Å². The Morgan fingerprint density at radius 1 is 1.07 bits per heavy atom. The standard InChI is InChI=1S/C23H22N4O3/c1-15-6-4-8-21(27-23(29)26(3)25-27)19(15)14-30-22-9-5-7-20(24-22)18-12-10-17(11-13-18)16(2)28/h4-13,25H,14H2,1-3H3. The first-order valence-corrected chi connectivity index (χ1v) is 9.58. The van der Waals surface area contributed by atoms with Gasteiger partial charge in [-0.05, 0) is 31.5 Å². The number of hydrogen-bond donors (Lipinski definition) is 1. The number of ketones is 1. The van der Waals surface area contributed by atoms with Crippen molar-refractivity contribution in [1.82, 2.24) is 19.6 Å². The molecule has 0 aliphatic heterocycles. The van der Waals surface area contributed by atoms with Gasteiger partial charge >= 0.3 is 5.69 Å². The SMILES string of the molecule is CC(=O)c1ccc(-c2cccc(OCc3c(C)cccc3-n3[nH]n(C)c3=O)n2)cc1. The predicted octanol–water partition coefficient (Wildman–Crippen LogP) is 3.66. The molecule has 0 unspecified atom stereocenters. The fourth-order valence-electron chi connectivity index (χ4n) is 3.26. The van der Waals surface area contributed by atoms with Crippen molar-refractivity contribution < 1.29 is 9.53 Å². The Bertz CT molecular complexity index is 1260. The van der Waals surface area contributed by atoms with E-state index in [0.717, 1.165) is 28.1 Å². The molecule has 2 aromatic carbocycles. The summed E-state index contributed by atoms with van der Waals surface area (Å²) in [5, 5.41) is 2.94. The van der Waals surface area contributed by atoms with Crippen molar-refractivity contribution in [2.24, 2.45) is 7.05 Å². The zero-order chi connectivity index (χ0) is 21.3. The van der Waals surface area contributed by atoms with E-state index < -0.39 is 0 Å². The normalized spacial score (nSPS) is 10.9. The average Bonchev–Trinajstić information content (AvgIpc) is 2.76. The summed E-state index contributed by atoms with van der Waals surface area (Å²) < 4.78 is 8.88. The molecular weight excluding hydrogens is 380 g/mol. The quantitative estimate of drug-likeness (QED) is 0.499. The molecule has 0 atom stereocenters. The Morgan fingerprint density at radius 3 is 2.47 bits per heavy atom. The molecule has 0 aliphatic rings. The third kappa shape index (κ3) is 3.69. The minimum atomic E-state index is -0.129. The van der Waals surface area contributed by atoms with Gasteiger partial charge in [0.05, 0.1) is 11.4 Å². The first-order valence-electron chi connectivity index (χ1n) is 9.58. The van der Waals surface area contributed by atoms with E-state index in [2.05, 4.69) is 10.2 Å². The summed E-state index contributed by atoms with van der Waals surface area (Å²) in [6.45, 7) is 3.80. The van der Waals surface area contributed by atoms with Gasteiger partial charge in [0.1, 0.15) is 6.61 Å². The average molecular weight is 402 g/mol. The third-order valence-electron chi connectivity index (χ3n) is 5.03. The van der Waals surface area contributed by atoms with E-state index in [-0.39, 0.29) is 18.1 Å². The number of H-pyrrole nitrogens is 1. The Balaban J connectivity index is 1.57. The van der Waals surface area contributed by atoms with Gasteiger partial charge in [0.2, 0.25) is 5.88 Å². The number of benzene rings is 2. The summed E-state index contributed by atoms with van der Waals surface area (Å²) in [5.41, 5.74) is 4.88. The van der Waals surface area contributed by atoms with Gasteiger partial charge in [-0.25, -0.2) is 19.7 Å². The summed E-state index contributed by atoms with van der Waals surface area (Å²) in [7, 11) is 1.67. The molecular formula is C23H22N4O3.